The van der Waals surface area contributed by atoms with E-state index in [1.165, 1.54) is 0 Å². The third kappa shape index (κ3) is 10.8. The van der Waals surface area contributed by atoms with Crippen LogP contribution < -0.4 is 0 Å². The van der Waals surface area contributed by atoms with Gasteiger partial charge >= 0.3 is 12.1 Å². The summed E-state index contributed by atoms with van der Waals surface area (Å²) in [5, 5.41) is 0. The first-order chi connectivity index (χ1) is 27.7. The summed E-state index contributed by atoms with van der Waals surface area (Å²) >= 11 is 0. The lowest BCUT2D eigenvalue weighted by atomic mass is 9.89. The van der Waals surface area contributed by atoms with E-state index < -0.39 is 11.7 Å². The summed E-state index contributed by atoms with van der Waals surface area (Å²) in [6, 6.07) is 0. The number of nitrogens with zero attached hydrogens (tertiary/aromatic N) is 6. The van der Waals surface area contributed by atoms with Crippen LogP contribution >= 0.6 is 0 Å². The maximum atomic E-state index is 14.0. The van der Waals surface area contributed by atoms with E-state index in [1.54, 1.807) is 16.7 Å². The molecule has 6 heterocycles. The van der Waals surface area contributed by atoms with Crippen molar-refractivity contribution < 1.29 is 43.0 Å². The van der Waals surface area contributed by atoms with Gasteiger partial charge < -0.3 is 38.9 Å². The fraction of sp³-hybridized carbons (Fsp3) is 0.837. The number of carbonyl (C=O) groups is 7. The molecule has 0 aromatic heterocycles. The minimum absolute atomic E-state index is 0.000618. The molecule has 0 N–H and O–H groups in total. The van der Waals surface area contributed by atoms with Crippen LogP contribution in [0.3, 0.4) is 0 Å². The van der Waals surface area contributed by atoms with E-state index in [4.69, 9.17) is 9.47 Å². The quantitative estimate of drug-likeness (QED) is 0.352. The van der Waals surface area contributed by atoms with Crippen LogP contribution in [0.4, 0.5) is 4.79 Å². The Hall–Kier alpha value is -3.91. The van der Waals surface area contributed by atoms with Gasteiger partial charge in [-0.2, -0.15) is 0 Å². The molecular weight excluding hydrogens is 745 g/mol. The largest absolute Gasteiger partial charge is 0.466 e. The number of rotatable bonds is 7. The third-order valence-electron chi connectivity index (χ3n) is 13.1. The van der Waals surface area contributed by atoms with Crippen molar-refractivity contribution in [3.05, 3.63) is 0 Å². The Bertz CT molecular complexity index is 1530. The summed E-state index contributed by atoms with van der Waals surface area (Å²) in [6.07, 6.45) is 8.17. The standard InChI is InChI=1S/C43H68N6O9/c1-5-57-41(55)35-17-11-22-48(29-35)39(53)33-15-9-20-46(27-33)37(51)31-13-7-18-44(25-31)36(50)30-12-6-19-45(24-30)38(52)32-14-8-21-47(26-32)40(54)34-16-10-23-49(28-34)42(56)58-43(2,3)4/h30-35H,5-29H2,1-4H3/t30-,31-,32-,33-,34-,35-/m0/s1. The van der Waals surface area contributed by atoms with Gasteiger partial charge in [0.1, 0.15) is 5.60 Å². The molecule has 0 spiro atoms. The first-order valence-corrected chi connectivity index (χ1v) is 22.3. The van der Waals surface area contributed by atoms with Crippen LogP contribution in [0.25, 0.3) is 0 Å². The zero-order valence-electron chi connectivity index (χ0n) is 35.5. The van der Waals surface area contributed by atoms with Crippen LogP contribution in [0.2, 0.25) is 0 Å². The van der Waals surface area contributed by atoms with E-state index >= 15 is 0 Å². The molecule has 0 aliphatic carbocycles. The molecule has 6 rings (SSSR count). The highest BCUT2D eigenvalue weighted by Crippen LogP contribution is 2.30. The highest BCUT2D eigenvalue weighted by molar-refractivity contribution is 5.86. The molecule has 324 valence electrons. The van der Waals surface area contributed by atoms with E-state index in [-0.39, 0.29) is 71.0 Å². The molecule has 6 aliphatic heterocycles. The number of hydrogen-bond acceptors (Lipinski definition) is 9. The average Bonchev–Trinajstić information content (AvgIpc) is 3.24. The fourth-order valence-corrected chi connectivity index (χ4v) is 10.1. The van der Waals surface area contributed by atoms with Gasteiger partial charge in [0.05, 0.1) is 42.1 Å². The van der Waals surface area contributed by atoms with Gasteiger partial charge in [0.25, 0.3) is 0 Å². The molecule has 6 amide bonds. The molecule has 0 bridgehead atoms. The molecule has 58 heavy (non-hydrogen) atoms. The molecule has 15 heteroatoms. The molecule has 6 fully saturated rings. The maximum Gasteiger partial charge on any atom is 0.410 e. The predicted molar refractivity (Wildman–Crippen MR) is 214 cm³/mol. The predicted octanol–water partition coefficient (Wildman–Crippen LogP) is 3.39. The van der Waals surface area contributed by atoms with Crippen molar-refractivity contribution in [3.8, 4) is 0 Å². The minimum Gasteiger partial charge on any atom is -0.466 e. The first-order valence-electron chi connectivity index (χ1n) is 22.3. The Morgan fingerprint density at radius 1 is 0.431 bits per heavy atom. The molecule has 0 unspecified atom stereocenters. The van der Waals surface area contributed by atoms with Gasteiger partial charge in [0.15, 0.2) is 0 Å². The molecule has 0 aromatic rings. The zero-order chi connectivity index (χ0) is 41.6. The van der Waals surface area contributed by atoms with Gasteiger partial charge in [-0.1, -0.05) is 0 Å². The topological polar surface area (TPSA) is 157 Å². The van der Waals surface area contributed by atoms with Crippen LogP contribution in [-0.2, 0) is 38.2 Å². The summed E-state index contributed by atoms with van der Waals surface area (Å²) in [7, 11) is 0. The summed E-state index contributed by atoms with van der Waals surface area (Å²) in [6.45, 7) is 13.2. The molecular formula is C43H68N6O9. The van der Waals surface area contributed by atoms with Crippen LogP contribution in [0.1, 0.15) is 105 Å². The van der Waals surface area contributed by atoms with Crippen molar-refractivity contribution in [3.63, 3.8) is 0 Å². The Labute approximate surface area is 344 Å². The number of amides is 6. The van der Waals surface area contributed by atoms with Gasteiger partial charge in [-0.15, -0.1) is 0 Å². The summed E-state index contributed by atoms with van der Waals surface area (Å²) in [5.41, 5.74) is -0.614. The number of ether oxygens (including phenoxy) is 2. The molecule has 6 aliphatic rings. The highest BCUT2D eigenvalue weighted by Gasteiger charge is 2.42. The van der Waals surface area contributed by atoms with Crippen molar-refractivity contribution in [2.75, 3.05) is 85.1 Å². The fourth-order valence-electron chi connectivity index (χ4n) is 10.1. The third-order valence-corrected chi connectivity index (χ3v) is 13.1. The van der Waals surface area contributed by atoms with E-state index in [2.05, 4.69) is 0 Å². The van der Waals surface area contributed by atoms with Crippen LogP contribution in [0, 0.1) is 35.5 Å². The lowest BCUT2D eigenvalue weighted by Crippen LogP contribution is -2.55. The second-order valence-electron chi connectivity index (χ2n) is 18.6. The number of likely N-dealkylation sites (tertiary alicyclic amines) is 6. The van der Waals surface area contributed by atoms with Crippen LogP contribution in [0.15, 0.2) is 0 Å². The second kappa shape index (κ2) is 19.4. The monoisotopic (exact) mass is 813 g/mol. The lowest BCUT2D eigenvalue weighted by Gasteiger charge is -2.42. The Morgan fingerprint density at radius 3 is 0.983 bits per heavy atom. The molecule has 6 saturated heterocycles. The van der Waals surface area contributed by atoms with Crippen molar-refractivity contribution >= 4 is 41.6 Å². The molecule has 0 saturated carbocycles. The van der Waals surface area contributed by atoms with Crippen molar-refractivity contribution in [1.82, 2.24) is 29.4 Å². The first kappa shape index (κ1) is 43.7. The maximum absolute atomic E-state index is 14.0. The average molecular weight is 813 g/mol. The van der Waals surface area contributed by atoms with Crippen LogP contribution in [0.5, 0.6) is 0 Å². The minimum atomic E-state index is -0.614. The lowest BCUT2D eigenvalue weighted by molar-refractivity contribution is -0.152. The number of esters is 1. The van der Waals surface area contributed by atoms with E-state index in [9.17, 15) is 33.6 Å². The Kier molecular flexibility index (Phi) is 14.6. The smallest absolute Gasteiger partial charge is 0.410 e. The number of hydrogen-bond donors (Lipinski definition) is 0. The van der Waals surface area contributed by atoms with E-state index in [0.29, 0.717) is 124 Å². The number of piperidine rings is 6. The van der Waals surface area contributed by atoms with Gasteiger partial charge in [-0.05, 0) is 105 Å². The van der Waals surface area contributed by atoms with Crippen molar-refractivity contribution in [2.45, 2.75) is 110 Å². The van der Waals surface area contributed by atoms with E-state index in [0.717, 1.165) is 38.5 Å². The number of carbonyl (C=O) groups excluding carboxylic acids is 7. The summed E-state index contributed by atoms with van der Waals surface area (Å²) in [4.78, 5) is 105. The SMILES string of the molecule is CCOC(=O)[C@H]1CCCN(C(=O)[C@H]2CCCN(C(=O)[C@H]3CCCN(C(=O)[C@H]4CCCN(C(=O)[C@H]5CCCN(C(=O)[C@H]6CCCN(C(=O)OC(C)(C)C)C6)C5)C4)C3)C2)C1. The molecule has 0 radical (unpaired) electrons. The van der Waals surface area contributed by atoms with Gasteiger partial charge in [0, 0.05) is 78.5 Å². The zero-order valence-corrected chi connectivity index (χ0v) is 35.5. The second-order valence-corrected chi connectivity index (χ2v) is 18.6. The van der Waals surface area contributed by atoms with Crippen LogP contribution in [-0.4, -0.2) is 162 Å². The summed E-state index contributed by atoms with van der Waals surface area (Å²) < 4.78 is 10.8. The molecule has 15 nitrogen and oxygen atoms in total. The Morgan fingerprint density at radius 2 is 0.690 bits per heavy atom. The Balaban J connectivity index is 0.984. The highest BCUT2D eigenvalue weighted by atomic mass is 16.6. The van der Waals surface area contributed by atoms with Gasteiger partial charge in [-0.3, -0.25) is 28.8 Å². The van der Waals surface area contributed by atoms with Gasteiger partial charge in [0.2, 0.25) is 29.5 Å². The summed E-state index contributed by atoms with van der Waals surface area (Å²) in [5.74, 6) is -2.19. The van der Waals surface area contributed by atoms with Crippen molar-refractivity contribution in [2.24, 2.45) is 35.5 Å². The van der Waals surface area contributed by atoms with Crippen molar-refractivity contribution in [1.29, 1.82) is 0 Å². The molecule has 0 aromatic carbocycles. The van der Waals surface area contributed by atoms with E-state index in [1.807, 2.05) is 40.4 Å². The molecule has 6 atom stereocenters. The van der Waals surface area contributed by atoms with Gasteiger partial charge in [-0.25, -0.2) is 4.79 Å². The normalized spacial score (nSPS) is 28.8.